The van der Waals surface area contributed by atoms with Crippen LogP contribution in [0.25, 0.3) is 0 Å². The molecule has 1 heterocycles. The minimum atomic E-state index is 0.467. The third-order valence-electron chi connectivity index (χ3n) is 2.74. The molecule has 2 aromatic rings. The Kier molecular flexibility index (Phi) is 4.77. The first-order valence-corrected chi connectivity index (χ1v) is 7.48. The van der Waals surface area contributed by atoms with Crippen LogP contribution in [-0.4, -0.2) is 0 Å². The van der Waals surface area contributed by atoms with E-state index in [1.807, 2.05) is 11.3 Å². The molecule has 1 unspecified atom stereocenters. The Morgan fingerprint density at radius 2 is 2.18 bits per heavy atom. The summed E-state index contributed by atoms with van der Waals surface area (Å²) in [5, 5.41) is 5.74. The average molecular weight is 310 g/mol. The number of halogens is 1. The third-order valence-corrected chi connectivity index (χ3v) is 4.22. The van der Waals surface area contributed by atoms with Gasteiger partial charge in [-0.1, -0.05) is 41.1 Å². The van der Waals surface area contributed by atoms with Crippen molar-refractivity contribution < 1.29 is 0 Å². The highest BCUT2D eigenvalue weighted by atomic mass is 79.9. The SMILES string of the molecule is CCC(NCc1cccc(Br)c1)c1cccs1. The molecule has 0 aliphatic heterocycles. The van der Waals surface area contributed by atoms with Crippen LogP contribution in [0.4, 0.5) is 0 Å². The van der Waals surface area contributed by atoms with Crippen molar-refractivity contribution in [3.05, 3.63) is 56.7 Å². The summed E-state index contributed by atoms with van der Waals surface area (Å²) >= 11 is 5.32. The molecule has 0 spiro atoms. The van der Waals surface area contributed by atoms with Crippen LogP contribution < -0.4 is 5.32 Å². The second-order valence-corrected chi connectivity index (χ2v) is 5.88. The Hall–Kier alpha value is -0.640. The van der Waals surface area contributed by atoms with Crippen LogP contribution in [0.15, 0.2) is 46.3 Å². The molecule has 1 nitrogen and oxygen atoms in total. The predicted octanol–water partition coefficient (Wildman–Crippen LogP) is 4.75. The van der Waals surface area contributed by atoms with Gasteiger partial charge in [0.15, 0.2) is 0 Å². The van der Waals surface area contributed by atoms with Gasteiger partial charge in [0, 0.05) is 21.9 Å². The summed E-state index contributed by atoms with van der Waals surface area (Å²) in [7, 11) is 0. The van der Waals surface area contributed by atoms with Crippen molar-refractivity contribution in [1.82, 2.24) is 5.32 Å². The highest BCUT2D eigenvalue weighted by Gasteiger charge is 2.09. The Labute approximate surface area is 115 Å². The molecule has 1 aromatic heterocycles. The molecular formula is C14H16BrNS. The monoisotopic (exact) mass is 309 g/mol. The molecule has 0 amide bonds. The zero-order valence-corrected chi connectivity index (χ0v) is 12.2. The zero-order chi connectivity index (χ0) is 12.1. The van der Waals surface area contributed by atoms with E-state index in [4.69, 9.17) is 0 Å². The van der Waals surface area contributed by atoms with Gasteiger partial charge in [0.1, 0.15) is 0 Å². The maximum Gasteiger partial charge on any atom is 0.0414 e. The molecule has 1 aromatic carbocycles. The van der Waals surface area contributed by atoms with Gasteiger partial charge in [-0.2, -0.15) is 0 Å². The van der Waals surface area contributed by atoms with Gasteiger partial charge in [0.25, 0.3) is 0 Å². The fourth-order valence-electron chi connectivity index (χ4n) is 1.82. The zero-order valence-electron chi connectivity index (χ0n) is 9.82. The van der Waals surface area contributed by atoms with E-state index in [0.29, 0.717) is 6.04 Å². The number of nitrogens with one attached hydrogen (secondary N) is 1. The van der Waals surface area contributed by atoms with Crippen molar-refractivity contribution in [2.75, 3.05) is 0 Å². The number of rotatable bonds is 5. The van der Waals surface area contributed by atoms with E-state index in [-0.39, 0.29) is 0 Å². The van der Waals surface area contributed by atoms with Crippen LogP contribution in [0.5, 0.6) is 0 Å². The molecule has 0 aliphatic carbocycles. The summed E-state index contributed by atoms with van der Waals surface area (Å²) < 4.78 is 1.14. The summed E-state index contributed by atoms with van der Waals surface area (Å²) in [6.45, 7) is 3.13. The lowest BCUT2D eigenvalue weighted by atomic mass is 10.1. The molecule has 1 N–H and O–H groups in total. The maximum atomic E-state index is 3.60. The Balaban J connectivity index is 1.97. The molecule has 1 atom stereocenters. The van der Waals surface area contributed by atoms with E-state index in [1.165, 1.54) is 10.4 Å². The predicted molar refractivity (Wildman–Crippen MR) is 78.3 cm³/mol. The van der Waals surface area contributed by atoms with Crippen molar-refractivity contribution in [1.29, 1.82) is 0 Å². The lowest BCUT2D eigenvalue weighted by Gasteiger charge is -2.15. The van der Waals surface area contributed by atoms with Crippen molar-refractivity contribution >= 4 is 27.3 Å². The fourth-order valence-corrected chi connectivity index (χ4v) is 3.16. The molecule has 17 heavy (non-hydrogen) atoms. The van der Waals surface area contributed by atoms with Gasteiger partial charge in [-0.3, -0.25) is 0 Å². The molecule has 0 aliphatic rings. The summed E-state index contributed by atoms with van der Waals surface area (Å²) in [4.78, 5) is 1.42. The number of benzene rings is 1. The Bertz CT molecular complexity index is 453. The smallest absolute Gasteiger partial charge is 0.0414 e. The minimum absolute atomic E-state index is 0.467. The highest BCUT2D eigenvalue weighted by molar-refractivity contribution is 9.10. The molecule has 90 valence electrons. The Morgan fingerprint density at radius 3 is 2.82 bits per heavy atom. The lowest BCUT2D eigenvalue weighted by molar-refractivity contribution is 0.526. The van der Waals surface area contributed by atoms with Gasteiger partial charge in [0.05, 0.1) is 0 Å². The molecule has 0 saturated carbocycles. The van der Waals surface area contributed by atoms with E-state index in [9.17, 15) is 0 Å². The standard InChI is InChI=1S/C14H16BrNS/c1-2-13(14-7-4-8-17-14)16-10-11-5-3-6-12(15)9-11/h3-9,13,16H,2,10H2,1H3. The van der Waals surface area contributed by atoms with Crippen LogP contribution in [0.2, 0.25) is 0 Å². The Morgan fingerprint density at radius 1 is 1.29 bits per heavy atom. The topological polar surface area (TPSA) is 12.0 Å². The largest absolute Gasteiger partial charge is 0.305 e. The van der Waals surface area contributed by atoms with E-state index >= 15 is 0 Å². The first-order chi connectivity index (χ1) is 8.29. The van der Waals surface area contributed by atoms with E-state index in [1.54, 1.807) is 0 Å². The summed E-state index contributed by atoms with van der Waals surface area (Å²) in [6.07, 6.45) is 1.12. The van der Waals surface area contributed by atoms with E-state index < -0.39 is 0 Å². The van der Waals surface area contributed by atoms with Crippen molar-refractivity contribution in [3.8, 4) is 0 Å². The second-order valence-electron chi connectivity index (χ2n) is 3.99. The van der Waals surface area contributed by atoms with Crippen LogP contribution in [-0.2, 0) is 6.54 Å². The van der Waals surface area contributed by atoms with Gasteiger partial charge < -0.3 is 5.32 Å². The first-order valence-electron chi connectivity index (χ1n) is 5.81. The fraction of sp³-hybridized carbons (Fsp3) is 0.286. The number of hydrogen-bond donors (Lipinski definition) is 1. The van der Waals surface area contributed by atoms with Gasteiger partial charge in [-0.05, 0) is 35.6 Å². The van der Waals surface area contributed by atoms with Gasteiger partial charge >= 0.3 is 0 Å². The lowest BCUT2D eigenvalue weighted by Crippen LogP contribution is -2.19. The van der Waals surface area contributed by atoms with Crippen LogP contribution in [0.3, 0.4) is 0 Å². The van der Waals surface area contributed by atoms with Gasteiger partial charge in [-0.25, -0.2) is 0 Å². The van der Waals surface area contributed by atoms with Crippen LogP contribution >= 0.6 is 27.3 Å². The molecule has 0 bridgehead atoms. The molecule has 3 heteroatoms. The van der Waals surface area contributed by atoms with Crippen LogP contribution in [0.1, 0.15) is 29.8 Å². The number of thiophene rings is 1. The van der Waals surface area contributed by atoms with Crippen molar-refractivity contribution in [2.45, 2.75) is 25.9 Å². The van der Waals surface area contributed by atoms with E-state index in [0.717, 1.165) is 17.4 Å². The summed E-state index contributed by atoms with van der Waals surface area (Å²) in [6, 6.07) is 13.2. The average Bonchev–Trinajstić information content (AvgIpc) is 2.84. The first kappa shape index (κ1) is 12.8. The quantitative estimate of drug-likeness (QED) is 0.840. The molecule has 0 saturated heterocycles. The molecular weight excluding hydrogens is 294 g/mol. The summed E-state index contributed by atoms with van der Waals surface area (Å²) in [5.74, 6) is 0. The minimum Gasteiger partial charge on any atom is -0.305 e. The number of hydrogen-bond acceptors (Lipinski definition) is 2. The third kappa shape index (κ3) is 3.66. The second kappa shape index (κ2) is 6.34. The summed E-state index contributed by atoms with van der Waals surface area (Å²) in [5.41, 5.74) is 1.31. The van der Waals surface area contributed by atoms with E-state index in [2.05, 4.69) is 69.9 Å². The molecule has 2 rings (SSSR count). The van der Waals surface area contributed by atoms with Crippen molar-refractivity contribution in [3.63, 3.8) is 0 Å². The van der Waals surface area contributed by atoms with Crippen molar-refractivity contribution in [2.24, 2.45) is 0 Å². The van der Waals surface area contributed by atoms with Gasteiger partial charge in [0.2, 0.25) is 0 Å². The van der Waals surface area contributed by atoms with Crippen LogP contribution in [0, 0.1) is 0 Å². The molecule has 0 fully saturated rings. The maximum absolute atomic E-state index is 3.60. The normalized spacial score (nSPS) is 12.6. The van der Waals surface area contributed by atoms with Gasteiger partial charge in [-0.15, -0.1) is 11.3 Å². The highest BCUT2D eigenvalue weighted by Crippen LogP contribution is 2.22. The molecule has 0 radical (unpaired) electrons.